The van der Waals surface area contributed by atoms with E-state index in [1.807, 2.05) is 0 Å². The van der Waals surface area contributed by atoms with Crippen molar-refractivity contribution < 1.29 is 0 Å². The highest BCUT2D eigenvalue weighted by atomic mass is 79.9. The van der Waals surface area contributed by atoms with Gasteiger partial charge in [-0.25, -0.2) is 0 Å². The first-order valence-electron chi connectivity index (χ1n) is 5.39. The molecule has 1 aromatic carbocycles. The van der Waals surface area contributed by atoms with Crippen molar-refractivity contribution in [2.45, 2.75) is 25.3 Å². The monoisotopic (exact) mass is 265 g/mol. The van der Waals surface area contributed by atoms with Gasteiger partial charge in [0.2, 0.25) is 0 Å². The van der Waals surface area contributed by atoms with Crippen molar-refractivity contribution in [2.24, 2.45) is 0 Å². The average molecular weight is 266 g/mol. The molecular weight excluding hydrogens is 250 g/mol. The fraction of sp³-hybridized carbons (Fsp3) is 0.385. The normalized spacial score (nSPS) is 19.7. The van der Waals surface area contributed by atoms with Gasteiger partial charge in [-0.2, -0.15) is 0 Å². The molecule has 2 heteroatoms. The third kappa shape index (κ3) is 2.93. The molecule has 0 fully saturated rings. The summed E-state index contributed by atoms with van der Waals surface area (Å²) in [6.07, 6.45) is 3.58. The van der Waals surface area contributed by atoms with Crippen molar-refractivity contribution in [3.63, 3.8) is 0 Å². The molecule has 0 amide bonds. The number of aryl methyl sites for hydroxylation is 1. The fourth-order valence-corrected chi connectivity index (χ4v) is 2.29. The minimum Gasteiger partial charge on any atom is -0.309 e. The predicted octanol–water partition coefficient (Wildman–Crippen LogP) is 3.04. The van der Waals surface area contributed by atoms with Crippen LogP contribution in [0.2, 0.25) is 0 Å². The van der Waals surface area contributed by atoms with Crippen LogP contribution in [0.1, 0.15) is 17.5 Å². The molecule has 1 aliphatic rings. The maximum absolute atomic E-state index is 3.84. The first kappa shape index (κ1) is 10.9. The fourth-order valence-electron chi connectivity index (χ4n) is 2.13. The summed E-state index contributed by atoms with van der Waals surface area (Å²) in [6, 6.07) is 9.35. The van der Waals surface area contributed by atoms with Crippen LogP contribution in [-0.4, -0.2) is 12.6 Å². The Balaban J connectivity index is 1.96. The third-order valence-electron chi connectivity index (χ3n) is 2.93. The Morgan fingerprint density at radius 1 is 1.40 bits per heavy atom. The van der Waals surface area contributed by atoms with Crippen molar-refractivity contribution in [2.75, 3.05) is 6.54 Å². The Morgan fingerprint density at radius 2 is 2.13 bits per heavy atom. The Morgan fingerprint density at radius 3 is 2.87 bits per heavy atom. The molecule has 1 unspecified atom stereocenters. The van der Waals surface area contributed by atoms with Gasteiger partial charge >= 0.3 is 0 Å². The molecule has 0 saturated carbocycles. The van der Waals surface area contributed by atoms with Crippen molar-refractivity contribution in [1.29, 1.82) is 0 Å². The van der Waals surface area contributed by atoms with Crippen LogP contribution in [0.4, 0.5) is 0 Å². The summed E-state index contributed by atoms with van der Waals surface area (Å²) in [6.45, 7) is 4.71. The van der Waals surface area contributed by atoms with Crippen LogP contribution in [0.3, 0.4) is 0 Å². The Labute approximate surface area is 99.7 Å². The van der Waals surface area contributed by atoms with Crippen LogP contribution in [0.15, 0.2) is 35.3 Å². The second-order valence-electron chi connectivity index (χ2n) is 4.11. The standard InChI is InChI=1S/C13H16BrN/c1-10(14)9-15-13-7-6-11-4-2-3-5-12(11)8-13/h2-5,13,15H,1,6-9H2. The SMILES string of the molecule is C=C(Br)CNC1CCc2ccccc2C1. The second kappa shape index (κ2) is 4.95. The van der Waals surface area contributed by atoms with Gasteiger partial charge < -0.3 is 5.32 Å². The second-order valence-corrected chi connectivity index (χ2v) is 5.23. The van der Waals surface area contributed by atoms with Gasteiger partial charge in [0.15, 0.2) is 0 Å². The molecular formula is C13H16BrN. The molecule has 0 spiro atoms. The van der Waals surface area contributed by atoms with E-state index in [-0.39, 0.29) is 0 Å². The topological polar surface area (TPSA) is 12.0 Å². The molecule has 2 rings (SSSR count). The number of fused-ring (bicyclic) bond motifs is 1. The molecule has 0 radical (unpaired) electrons. The van der Waals surface area contributed by atoms with Gasteiger partial charge in [0.25, 0.3) is 0 Å². The number of hydrogen-bond donors (Lipinski definition) is 1. The van der Waals surface area contributed by atoms with E-state index >= 15 is 0 Å². The summed E-state index contributed by atoms with van der Waals surface area (Å²) in [5, 5.41) is 3.52. The van der Waals surface area contributed by atoms with Gasteiger partial charge in [-0.3, -0.25) is 0 Å². The van der Waals surface area contributed by atoms with Crippen LogP contribution >= 0.6 is 15.9 Å². The van der Waals surface area contributed by atoms with Gasteiger partial charge in [0, 0.05) is 17.1 Å². The molecule has 0 bridgehead atoms. The Kier molecular flexibility index (Phi) is 3.60. The van der Waals surface area contributed by atoms with Crippen LogP contribution in [0, 0.1) is 0 Å². The zero-order valence-electron chi connectivity index (χ0n) is 8.80. The first-order chi connectivity index (χ1) is 7.25. The lowest BCUT2D eigenvalue weighted by Gasteiger charge is -2.25. The van der Waals surface area contributed by atoms with Crippen LogP contribution in [0.25, 0.3) is 0 Å². The molecule has 80 valence electrons. The van der Waals surface area contributed by atoms with Crippen molar-refractivity contribution in [1.82, 2.24) is 5.32 Å². The average Bonchev–Trinajstić information content (AvgIpc) is 2.26. The van der Waals surface area contributed by atoms with E-state index in [0.29, 0.717) is 6.04 Å². The lowest BCUT2D eigenvalue weighted by Crippen LogP contribution is -2.35. The summed E-state index contributed by atoms with van der Waals surface area (Å²) in [4.78, 5) is 0. The number of hydrogen-bond acceptors (Lipinski definition) is 1. The number of halogens is 1. The molecule has 0 aliphatic heterocycles. The smallest absolute Gasteiger partial charge is 0.0268 e. The number of rotatable bonds is 3. The molecule has 1 nitrogen and oxygen atoms in total. The Bertz CT molecular complexity index is 359. The van der Waals surface area contributed by atoms with E-state index in [4.69, 9.17) is 0 Å². The van der Waals surface area contributed by atoms with E-state index < -0.39 is 0 Å². The van der Waals surface area contributed by atoms with E-state index in [1.165, 1.54) is 24.0 Å². The van der Waals surface area contributed by atoms with E-state index in [2.05, 4.69) is 52.1 Å². The lowest BCUT2D eigenvalue weighted by molar-refractivity contribution is 0.479. The largest absolute Gasteiger partial charge is 0.309 e. The molecule has 0 saturated heterocycles. The quantitative estimate of drug-likeness (QED) is 0.886. The summed E-state index contributed by atoms with van der Waals surface area (Å²) < 4.78 is 1.03. The summed E-state index contributed by atoms with van der Waals surface area (Å²) in [7, 11) is 0. The summed E-state index contributed by atoms with van der Waals surface area (Å²) in [5.41, 5.74) is 3.02. The predicted molar refractivity (Wildman–Crippen MR) is 68.3 cm³/mol. The molecule has 1 aromatic rings. The minimum atomic E-state index is 0.606. The van der Waals surface area contributed by atoms with E-state index in [1.54, 1.807) is 0 Å². The number of benzene rings is 1. The zero-order valence-corrected chi connectivity index (χ0v) is 10.4. The highest BCUT2D eigenvalue weighted by Crippen LogP contribution is 2.21. The molecule has 1 N–H and O–H groups in total. The molecule has 1 atom stereocenters. The van der Waals surface area contributed by atoms with Crippen molar-refractivity contribution >= 4 is 15.9 Å². The van der Waals surface area contributed by atoms with Gasteiger partial charge in [-0.1, -0.05) is 46.8 Å². The van der Waals surface area contributed by atoms with Crippen LogP contribution in [0.5, 0.6) is 0 Å². The van der Waals surface area contributed by atoms with Crippen molar-refractivity contribution in [3.05, 3.63) is 46.5 Å². The van der Waals surface area contributed by atoms with E-state index in [9.17, 15) is 0 Å². The summed E-state index contributed by atoms with van der Waals surface area (Å²) in [5.74, 6) is 0. The molecule has 1 aliphatic carbocycles. The van der Waals surface area contributed by atoms with Gasteiger partial charge in [0.05, 0.1) is 0 Å². The lowest BCUT2D eigenvalue weighted by atomic mass is 9.88. The highest BCUT2D eigenvalue weighted by Gasteiger charge is 2.17. The van der Waals surface area contributed by atoms with E-state index in [0.717, 1.165) is 17.4 Å². The maximum atomic E-state index is 3.84. The van der Waals surface area contributed by atoms with Crippen LogP contribution < -0.4 is 5.32 Å². The Hall–Kier alpha value is -0.600. The van der Waals surface area contributed by atoms with Gasteiger partial charge in [0.1, 0.15) is 0 Å². The molecule has 0 aromatic heterocycles. The number of nitrogens with one attached hydrogen (secondary N) is 1. The van der Waals surface area contributed by atoms with Crippen LogP contribution in [-0.2, 0) is 12.8 Å². The highest BCUT2D eigenvalue weighted by molar-refractivity contribution is 9.11. The third-order valence-corrected chi connectivity index (χ3v) is 3.21. The van der Waals surface area contributed by atoms with Gasteiger partial charge in [-0.15, -0.1) is 0 Å². The molecule has 15 heavy (non-hydrogen) atoms. The van der Waals surface area contributed by atoms with Gasteiger partial charge in [-0.05, 0) is 30.4 Å². The maximum Gasteiger partial charge on any atom is 0.0268 e. The summed E-state index contributed by atoms with van der Waals surface area (Å²) >= 11 is 3.38. The zero-order chi connectivity index (χ0) is 10.7. The van der Waals surface area contributed by atoms with Crippen molar-refractivity contribution in [3.8, 4) is 0 Å². The minimum absolute atomic E-state index is 0.606. The first-order valence-corrected chi connectivity index (χ1v) is 6.18. The molecule has 0 heterocycles.